The Labute approximate surface area is 125 Å². The quantitative estimate of drug-likeness (QED) is 0.667. The third-order valence-corrected chi connectivity index (χ3v) is 3.37. The fourth-order valence-electron chi connectivity index (χ4n) is 1.59. The summed E-state index contributed by atoms with van der Waals surface area (Å²) in [5.41, 5.74) is 3.68. The van der Waals surface area contributed by atoms with Gasteiger partial charge in [0.2, 0.25) is 0 Å². The van der Waals surface area contributed by atoms with Crippen LogP contribution in [0.25, 0.3) is 0 Å². The number of aliphatic hydroxyl groups is 1. The zero-order valence-corrected chi connectivity index (χ0v) is 12.1. The Morgan fingerprint density at radius 3 is 2.50 bits per heavy atom. The number of halogens is 1. The molecule has 0 aliphatic carbocycles. The van der Waals surface area contributed by atoms with Crippen molar-refractivity contribution in [3.8, 4) is 0 Å². The van der Waals surface area contributed by atoms with Gasteiger partial charge in [0.25, 0.3) is 5.91 Å². The lowest BCUT2D eigenvalue weighted by Gasteiger charge is -2.08. The van der Waals surface area contributed by atoms with Gasteiger partial charge in [0, 0.05) is 10.0 Å². The minimum absolute atomic E-state index is 0.529. The highest BCUT2D eigenvalue weighted by atomic mass is 79.9. The van der Waals surface area contributed by atoms with Crippen molar-refractivity contribution in [1.82, 2.24) is 5.43 Å². The molecule has 0 heterocycles. The summed E-state index contributed by atoms with van der Waals surface area (Å²) in [4.78, 5) is 11.7. The lowest BCUT2D eigenvalue weighted by molar-refractivity contribution is -0.129. The Bertz CT molecular complexity index is 614. The molecule has 20 heavy (non-hydrogen) atoms. The number of hydrogen-bond acceptors (Lipinski definition) is 3. The highest BCUT2D eigenvalue weighted by Crippen LogP contribution is 2.14. The van der Waals surface area contributed by atoms with Crippen LogP contribution in [0.2, 0.25) is 0 Å². The molecule has 2 aromatic carbocycles. The van der Waals surface area contributed by atoms with Gasteiger partial charge in [-0.1, -0.05) is 64.5 Å². The van der Waals surface area contributed by atoms with E-state index in [1.165, 1.54) is 6.21 Å². The van der Waals surface area contributed by atoms with E-state index in [0.717, 1.165) is 10.0 Å². The van der Waals surface area contributed by atoms with Crippen molar-refractivity contribution in [3.63, 3.8) is 0 Å². The maximum atomic E-state index is 11.7. The number of aliphatic hydroxyl groups excluding tert-OH is 1. The number of carbonyl (C=O) groups is 1. The summed E-state index contributed by atoms with van der Waals surface area (Å²) in [7, 11) is 0. The Balaban J connectivity index is 1.97. The fraction of sp³-hybridized carbons (Fsp3) is 0.0667. The van der Waals surface area contributed by atoms with E-state index in [2.05, 4.69) is 26.5 Å². The van der Waals surface area contributed by atoms with E-state index in [1.807, 2.05) is 30.3 Å². The van der Waals surface area contributed by atoms with Crippen molar-refractivity contribution in [2.45, 2.75) is 6.10 Å². The van der Waals surface area contributed by atoms with Crippen LogP contribution < -0.4 is 5.43 Å². The molecular formula is C15H13BrN2O2. The molecule has 0 unspecified atom stereocenters. The first-order valence-corrected chi connectivity index (χ1v) is 6.78. The van der Waals surface area contributed by atoms with Crippen molar-refractivity contribution in [1.29, 1.82) is 0 Å². The first kappa shape index (κ1) is 14.4. The molecule has 0 bridgehead atoms. The van der Waals surface area contributed by atoms with Crippen molar-refractivity contribution < 1.29 is 9.90 Å². The summed E-state index contributed by atoms with van der Waals surface area (Å²) in [6.07, 6.45) is 0.284. The average molecular weight is 333 g/mol. The molecular weight excluding hydrogens is 320 g/mol. The fourth-order valence-corrected chi connectivity index (χ4v) is 1.98. The number of benzene rings is 2. The van der Waals surface area contributed by atoms with Crippen LogP contribution in [0.1, 0.15) is 17.2 Å². The first-order valence-electron chi connectivity index (χ1n) is 5.99. The van der Waals surface area contributed by atoms with Crippen LogP contribution in [0.15, 0.2) is 64.2 Å². The molecule has 2 aromatic rings. The molecule has 0 aliphatic heterocycles. The van der Waals surface area contributed by atoms with Crippen LogP contribution in [-0.2, 0) is 4.79 Å². The smallest absolute Gasteiger partial charge is 0.273 e. The van der Waals surface area contributed by atoms with E-state index >= 15 is 0 Å². The molecule has 4 nitrogen and oxygen atoms in total. The molecule has 5 heteroatoms. The van der Waals surface area contributed by atoms with Crippen molar-refractivity contribution >= 4 is 28.1 Å². The molecule has 0 radical (unpaired) electrons. The highest BCUT2D eigenvalue weighted by Gasteiger charge is 2.15. The van der Waals surface area contributed by atoms with Gasteiger partial charge < -0.3 is 5.11 Å². The molecule has 2 rings (SSSR count). The maximum absolute atomic E-state index is 11.7. The average Bonchev–Trinajstić information content (AvgIpc) is 2.49. The number of hydrazone groups is 1. The van der Waals surface area contributed by atoms with E-state index < -0.39 is 12.0 Å². The van der Waals surface area contributed by atoms with E-state index in [4.69, 9.17) is 0 Å². The number of amides is 1. The van der Waals surface area contributed by atoms with Gasteiger partial charge in [0.1, 0.15) is 0 Å². The van der Waals surface area contributed by atoms with E-state index in [-0.39, 0.29) is 0 Å². The zero-order valence-electron chi connectivity index (χ0n) is 10.5. The molecule has 1 amide bonds. The van der Waals surface area contributed by atoms with Crippen LogP contribution in [0.3, 0.4) is 0 Å². The lowest BCUT2D eigenvalue weighted by atomic mass is 10.1. The number of rotatable bonds is 4. The van der Waals surface area contributed by atoms with E-state index in [1.54, 1.807) is 24.3 Å². The normalized spacial score (nSPS) is 12.3. The van der Waals surface area contributed by atoms with Gasteiger partial charge in [-0.25, -0.2) is 5.43 Å². The molecule has 102 valence electrons. The topological polar surface area (TPSA) is 61.7 Å². The number of hydrogen-bond donors (Lipinski definition) is 2. The van der Waals surface area contributed by atoms with E-state index in [9.17, 15) is 9.90 Å². The minimum atomic E-state index is -1.23. The molecule has 0 saturated carbocycles. The molecule has 0 aromatic heterocycles. The zero-order chi connectivity index (χ0) is 14.4. The maximum Gasteiger partial charge on any atom is 0.273 e. The largest absolute Gasteiger partial charge is 0.378 e. The Morgan fingerprint density at radius 2 is 1.80 bits per heavy atom. The Hall–Kier alpha value is -1.98. The summed E-state index contributed by atoms with van der Waals surface area (Å²) < 4.78 is 0.876. The monoisotopic (exact) mass is 332 g/mol. The van der Waals surface area contributed by atoms with Crippen molar-refractivity contribution in [2.24, 2.45) is 5.10 Å². The molecule has 2 N–H and O–H groups in total. The van der Waals surface area contributed by atoms with Crippen LogP contribution in [0, 0.1) is 0 Å². The predicted molar refractivity (Wildman–Crippen MR) is 81.3 cm³/mol. The van der Waals surface area contributed by atoms with Gasteiger partial charge in [0.15, 0.2) is 6.10 Å². The SMILES string of the molecule is O=C(N/N=C\c1ccccc1Br)[C@@H](O)c1ccccc1. The van der Waals surface area contributed by atoms with Crippen LogP contribution in [0.5, 0.6) is 0 Å². The van der Waals surface area contributed by atoms with Gasteiger partial charge in [-0.3, -0.25) is 4.79 Å². The predicted octanol–water partition coefficient (Wildman–Crippen LogP) is 2.63. The van der Waals surface area contributed by atoms with Crippen LogP contribution in [-0.4, -0.2) is 17.2 Å². The lowest BCUT2D eigenvalue weighted by Crippen LogP contribution is -2.25. The van der Waals surface area contributed by atoms with Crippen LogP contribution >= 0.6 is 15.9 Å². The van der Waals surface area contributed by atoms with Gasteiger partial charge in [-0.15, -0.1) is 0 Å². The highest BCUT2D eigenvalue weighted by molar-refractivity contribution is 9.10. The Morgan fingerprint density at radius 1 is 1.15 bits per heavy atom. The first-order chi connectivity index (χ1) is 9.68. The third-order valence-electron chi connectivity index (χ3n) is 2.65. The minimum Gasteiger partial charge on any atom is -0.378 e. The van der Waals surface area contributed by atoms with Gasteiger partial charge in [-0.05, 0) is 11.6 Å². The molecule has 0 aliphatic rings. The van der Waals surface area contributed by atoms with Gasteiger partial charge in [0.05, 0.1) is 6.21 Å². The summed E-state index contributed by atoms with van der Waals surface area (Å²) in [6.45, 7) is 0. The van der Waals surface area contributed by atoms with Crippen LogP contribution in [0.4, 0.5) is 0 Å². The molecule has 1 atom stereocenters. The van der Waals surface area contributed by atoms with Crippen molar-refractivity contribution in [3.05, 3.63) is 70.2 Å². The number of nitrogens with zero attached hydrogens (tertiary/aromatic N) is 1. The van der Waals surface area contributed by atoms with Gasteiger partial charge in [-0.2, -0.15) is 5.10 Å². The summed E-state index contributed by atoms with van der Waals surface area (Å²) >= 11 is 3.38. The second kappa shape index (κ2) is 6.98. The molecule has 0 saturated heterocycles. The second-order valence-electron chi connectivity index (χ2n) is 4.07. The Kier molecular flexibility index (Phi) is 5.03. The van der Waals surface area contributed by atoms with E-state index in [0.29, 0.717) is 5.56 Å². The van der Waals surface area contributed by atoms with Gasteiger partial charge >= 0.3 is 0 Å². The molecule has 0 spiro atoms. The number of carbonyl (C=O) groups excluding carboxylic acids is 1. The molecule has 0 fully saturated rings. The standard InChI is InChI=1S/C15H13BrN2O2/c16-13-9-5-4-8-12(13)10-17-18-15(20)14(19)11-6-2-1-3-7-11/h1-10,14,19H,(H,18,20)/b17-10-/t14-/m0/s1. The summed E-state index contributed by atoms with van der Waals surface area (Å²) in [5, 5.41) is 13.7. The van der Waals surface area contributed by atoms with Crippen molar-refractivity contribution in [2.75, 3.05) is 0 Å². The summed E-state index contributed by atoms with van der Waals surface area (Å²) in [5.74, 6) is -0.570. The number of nitrogens with one attached hydrogen (secondary N) is 1. The third kappa shape index (κ3) is 3.76. The second-order valence-corrected chi connectivity index (χ2v) is 4.92. The summed E-state index contributed by atoms with van der Waals surface area (Å²) in [6, 6.07) is 16.2.